The summed E-state index contributed by atoms with van der Waals surface area (Å²) in [6.45, 7) is 8.02. The molecule has 0 aliphatic carbocycles. The summed E-state index contributed by atoms with van der Waals surface area (Å²) in [4.78, 5) is 12.9. The predicted molar refractivity (Wildman–Crippen MR) is 109 cm³/mol. The van der Waals surface area contributed by atoms with Crippen LogP contribution in [0.25, 0.3) is 6.08 Å². The van der Waals surface area contributed by atoms with Gasteiger partial charge in [0.1, 0.15) is 0 Å². The number of rotatable bonds is 4. The Labute approximate surface area is 163 Å². The Kier molecular flexibility index (Phi) is 5.24. The topological polar surface area (TPSA) is 62.1 Å². The fraction of sp³-hybridized carbons (Fsp3) is 0.238. The lowest BCUT2D eigenvalue weighted by Crippen LogP contribution is -2.21. The Balaban J connectivity index is 1.97. The highest BCUT2D eigenvalue weighted by Gasteiger charge is 2.29. The number of ether oxygens (including phenoxy) is 1. The van der Waals surface area contributed by atoms with Crippen molar-refractivity contribution in [1.82, 2.24) is 0 Å². The van der Waals surface area contributed by atoms with E-state index >= 15 is 0 Å². The summed E-state index contributed by atoms with van der Waals surface area (Å²) in [6, 6.07) is 9.03. The minimum atomic E-state index is -0.210. The van der Waals surface area contributed by atoms with E-state index in [-0.39, 0.29) is 22.4 Å². The van der Waals surface area contributed by atoms with Crippen LogP contribution in [-0.4, -0.2) is 23.3 Å². The van der Waals surface area contributed by atoms with Gasteiger partial charge in [0.15, 0.2) is 11.5 Å². The molecule has 1 aliphatic heterocycles. The maximum Gasteiger partial charge on any atom is 0.280 e. The van der Waals surface area contributed by atoms with Crippen molar-refractivity contribution in [3.05, 3.63) is 57.6 Å². The van der Waals surface area contributed by atoms with Gasteiger partial charge in [-0.3, -0.25) is 4.79 Å². The minimum absolute atomic E-state index is 0.111. The van der Waals surface area contributed by atoms with Crippen LogP contribution in [0.2, 0.25) is 5.02 Å². The first-order chi connectivity index (χ1) is 12.8. The van der Waals surface area contributed by atoms with Gasteiger partial charge in [0.25, 0.3) is 5.91 Å². The Morgan fingerprint density at radius 1 is 1.19 bits per heavy atom. The number of hydrogen-bond donors (Lipinski definition) is 1. The maximum absolute atomic E-state index is 12.9. The number of halogens is 1. The van der Waals surface area contributed by atoms with E-state index in [4.69, 9.17) is 16.3 Å². The summed E-state index contributed by atoms with van der Waals surface area (Å²) in [6.07, 6.45) is 1.70. The van der Waals surface area contributed by atoms with Gasteiger partial charge in [-0.05, 0) is 74.7 Å². The number of aromatic hydroxyl groups is 1. The van der Waals surface area contributed by atoms with Crippen molar-refractivity contribution in [1.29, 1.82) is 0 Å². The van der Waals surface area contributed by atoms with E-state index in [9.17, 15) is 9.90 Å². The molecule has 0 fully saturated rings. The summed E-state index contributed by atoms with van der Waals surface area (Å²) in [5.74, 6) is -0.0404. The highest BCUT2D eigenvalue weighted by molar-refractivity contribution is 6.33. The fourth-order valence-electron chi connectivity index (χ4n) is 2.83. The van der Waals surface area contributed by atoms with Crippen LogP contribution >= 0.6 is 11.6 Å². The molecule has 2 aromatic carbocycles. The Bertz CT molecular complexity index is 980. The zero-order chi connectivity index (χ0) is 19.7. The summed E-state index contributed by atoms with van der Waals surface area (Å²) < 4.78 is 5.40. The second-order valence-corrected chi connectivity index (χ2v) is 6.82. The first kappa shape index (κ1) is 19.0. The van der Waals surface area contributed by atoms with Crippen molar-refractivity contribution in [2.24, 2.45) is 5.10 Å². The largest absolute Gasteiger partial charge is 0.503 e. The average Bonchev–Trinajstić information content (AvgIpc) is 2.90. The summed E-state index contributed by atoms with van der Waals surface area (Å²) in [5, 5.41) is 16.0. The first-order valence-electron chi connectivity index (χ1n) is 8.66. The Morgan fingerprint density at radius 3 is 2.59 bits per heavy atom. The van der Waals surface area contributed by atoms with E-state index in [1.165, 1.54) is 5.01 Å². The van der Waals surface area contributed by atoms with Crippen LogP contribution in [0.5, 0.6) is 11.5 Å². The number of carbonyl (C=O) groups excluding carboxylic acids is 1. The van der Waals surface area contributed by atoms with Gasteiger partial charge in [0.05, 0.1) is 28.6 Å². The molecule has 0 aromatic heterocycles. The average molecular weight is 385 g/mol. The first-order valence-corrected chi connectivity index (χ1v) is 9.04. The van der Waals surface area contributed by atoms with Gasteiger partial charge in [-0.2, -0.15) is 10.1 Å². The third-order valence-corrected chi connectivity index (χ3v) is 4.75. The van der Waals surface area contributed by atoms with E-state index in [2.05, 4.69) is 5.10 Å². The predicted octanol–water partition coefficient (Wildman–Crippen LogP) is 4.87. The smallest absolute Gasteiger partial charge is 0.280 e. The molecule has 3 rings (SSSR count). The van der Waals surface area contributed by atoms with Gasteiger partial charge < -0.3 is 9.84 Å². The SMILES string of the molecule is CCOc1cc(/C=C2/C(=O)N(c3ccc(C)c(C)c3)N=C2C)cc(Cl)c1O. The molecular formula is C21H21ClN2O3. The maximum atomic E-state index is 12.9. The second-order valence-electron chi connectivity index (χ2n) is 6.41. The molecular weight excluding hydrogens is 364 g/mol. The van der Waals surface area contributed by atoms with Gasteiger partial charge in [0.2, 0.25) is 0 Å². The molecule has 140 valence electrons. The van der Waals surface area contributed by atoms with Crippen molar-refractivity contribution in [2.75, 3.05) is 11.6 Å². The summed E-state index contributed by atoms with van der Waals surface area (Å²) >= 11 is 6.08. The quantitative estimate of drug-likeness (QED) is 0.765. The van der Waals surface area contributed by atoms with Crippen molar-refractivity contribution in [3.63, 3.8) is 0 Å². The van der Waals surface area contributed by atoms with Crippen LogP contribution in [0, 0.1) is 13.8 Å². The standard InChI is InChI=1S/C21H21ClN2O3/c1-5-27-19-11-15(10-18(22)20(19)25)9-17-14(4)23-24(21(17)26)16-7-6-12(2)13(3)8-16/h6-11,25H,5H2,1-4H3/b17-9+. The molecule has 0 unspecified atom stereocenters. The third-order valence-electron chi connectivity index (χ3n) is 4.46. The van der Waals surface area contributed by atoms with Crippen LogP contribution in [0.4, 0.5) is 5.69 Å². The van der Waals surface area contributed by atoms with Crippen molar-refractivity contribution in [2.45, 2.75) is 27.7 Å². The van der Waals surface area contributed by atoms with E-state index in [0.29, 0.717) is 23.5 Å². The van der Waals surface area contributed by atoms with E-state index in [0.717, 1.165) is 16.8 Å². The van der Waals surface area contributed by atoms with E-state index in [1.54, 1.807) is 25.1 Å². The van der Waals surface area contributed by atoms with E-state index in [1.807, 2.05) is 39.0 Å². The minimum Gasteiger partial charge on any atom is -0.503 e. The Morgan fingerprint density at radius 2 is 1.93 bits per heavy atom. The number of phenols is 1. The van der Waals surface area contributed by atoms with Gasteiger partial charge in [-0.1, -0.05) is 17.7 Å². The molecule has 27 heavy (non-hydrogen) atoms. The zero-order valence-electron chi connectivity index (χ0n) is 15.7. The van der Waals surface area contributed by atoms with Crippen LogP contribution < -0.4 is 9.75 Å². The van der Waals surface area contributed by atoms with Crippen molar-refractivity contribution in [3.8, 4) is 11.5 Å². The molecule has 0 bridgehead atoms. The normalized spacial score (nSPS) is 15.4. The number of hydrazone groups is 1. The van der Waals surface area contributed by atoms with Crippen LogP contribution in [0.15, 0.2) is 41.0 Å². The fourth-order valence-corrected chi connectivity index (χ4v) is 3.05. The van der Waals surface area contributed by atoms with Crippen LogP contribution in [0.3, 0.4) is 0 Å². The molecule has 6 heteroatoms. The molecule has 0 saturated heterocycles. The van der Waals surface area contributed by atoms with Gasteiger partial charge in [-0.15, -0.1) is 0 Å². The molecule has 0 radical (unpaired) electrons. The lowest BCUT2D eigenvalue weighted by molar-refractivity contribution is -0.114. The number of amides is 1. The van der Waals surface area contributed by atoms with Crippen LogP contribution in [-0.2, 0) is 4.79 Å². The van der Waals surface area contributed by atoms with E-state index < -0.39 is 0 Å². The number of anilines is 1. The number of aryl methyl sites for hydroxylation is 2. The zero-order valence-corrected chi connectivity index (χ0v) is 16.5. The number of hydrogen-bond acceptors (Lipinski definition) is 4. The Hall–Kier alpha value is -2.79. The molecule has 0 saturated carbocycles. The molecule has 1 amide bonds. The lowest BCUT2D eigenvalue weighted by atomic mass is 10.1. The number of carbonyl (C=O) groups is 1. The lowest BCUT2D eigenvalue weighted by Gasteiger charge is -2.13. The number of benzene rings is 2. The molecule has 0 atom stereocenters. The second kappa shape index (κ2) is 7.45. The van der Waals surface area contributed by atoms with Crippen LogP contribution in [0.1, 0.15) is 30.5 Å². The summed E-state index contributed by atoms with van der Waals surface area (Å²) in [5.41, 5.74) is 4.71. The molecule has 2 aromatic rings. The monoisotopic (exact) mass is 384 g/mol. The third kappa shape index (κ3) is 3.69. The molecule has 1 N–H and O–H groups in total. The van der Waals surface area contributed by atoms with Crippen molar-refractivity contribution >= 4 is 35.0 Å². The van der Waals surface area contributed by atoms with Crippen molar-refractivity contribution < 1.29 is 14.6 Å². The molecule has 5 nitrogen and oxygen atoms in total. The molecule has 0 spiro atoms. The number of nitrogens with zero attached hydrogens (tertiary/aromatic N) is 2. The van der Waals surface area contributed by atoms with Gasteiger partial charge in [0, 0.05) is 0 Å². The highest BCUT2D eigenvalue weighted by atomic mass is 35.5. The van der Waals surface area contributed by atoms with Gasteiger partial charge in [-0.25, -0.2) is 0 Å². The summed E-state index contributed by atoms with van der Waals surface area (Å²) in [7, 11) is 0. The molecule has 1 heterocycles. The van der Waals surface area contributed by atoms with Gasteiger partial charge >= 0.3 is 0 Å². The number of phenolic OH excluding ortho intramolecular Hbond substituents is 1. The highest BCUT2D eigenvalue weighted by Crippen LogP contribution is 2.36. The molecule has 1 aliphatic rings.